The van der Waals surface area contributed by atoms with Crippen LogP contribution in [0.2, 0.25) is 0 Å². The van der Waals surface area contributed by atoms with Crippen molar-refractivity contribution in [3.63, 3.8) is 0 Å². The van der Waals surface area contributed by atoms with E-state index in [0.29, 0.717) is 60.4 Å². The van der Waals surface area contributed by atoms with Crippen LogP contribution in [-0.2, 0) is 72.2 Å². The summed E-state index contributed by atoms with van der Waals surface area (Å²) in [4.78, 5) is 51.0. The SMILES string of the molecule is CC(C)c1cccc(C(C)C)c1N1C=CN(c2c(C(C)C)cccc2C(C)C)[CH-]1.CC(C)c1cccc(C(C)C)c1N1C=CN(c2c(C(C)C)cccc2C(C)C)[CH-]1.COc1ccc(CO)cc1.Cc1cc(C)c(N2C=CN(CCOC(=O)Oc3ccc([N+](=O)[O-])cc3)[CH-]2)c(C)c1.Cc1ccc(COC(=O)OCCN2C=CN(c3c(C)cc(C)cc3C)[CH-]2)cc1.F[P-](F)(F)(F)(F)F.F[P-](F)(F)(F)(F)F.[Au].[Au]. The monoisotopic (exact) mass is 2380 g/mol. The van der Waals surface area contributed by atoms with E-state index in [2.05, 4.69) is 312 Å². The minimum absolute atomic E-state index is 0. The fourth-order valence-electron chi connectivity index (χ4n) is 15.8. The molecule has 0 bridgehead atoms. The van der Waals surface area contributed by atoms with Gasteiger partial charge in [-0.05, 0) is 248 Å². The molecule has 4 aliphatic heterocycles. The number of non-ortho nitro benzene ring substituents is 1. The molecule has 35 heteroatoms. The number of ether oxygens (including phenoxy) is 5. The molecule has 4 aliphatic rings. The van der Waals surface area contributed by atoms with Gasteiger partial charge in [0.15, 0.2) is 0 Å². The van der Waals surface area contributed by atoms with Crippen LogP contribution in [-0.4, -0.2) is 65.6 Å². The van der Waals surface area contributed by atoms with Gasteiger partial charge in [0.25, 0.3) is 5.69 Å². The number of nitro groups is 1. The molecule has 0 saturated carbocycles. The zero-order valence-electron chi connectivity index (χ0n) is 84.1. The molecule has 141 heavy (non-hydrogen) atoms. The van der Waals surface area contributed by atoms with Crippen LogP contribution in [0.25, 0.3) is 0 Å². The Hall–Kier alpha value is -10.5. The van der Waals surface area contributed by atoms with Crippen molar-refractivity contribution in [3.05, 3.63) is 351 Å². The number of hydrogen-bond acceptors (Lipinski definition) is 18. The van der Waals surface area contributed by atoms with Gasteiger partial charge in [0.2, 0.25) is 0 Å². The predicted molar refractivity (Wildman–Crippen MR) is 540 cm³/mol. The Labute approximate surface area is 855 Å². The number of methoxy groups -OCH3 is 1. The van der Waals surface area contributed by atoms with Gasteiger partial charge in [0.05, 0.1) is 18.6 Å². The van der Waals surface area contributed by atoms with Crippen LogP contribution in [0.1, 0.15) is 253 Å². The second-order valence-electron chi connectivity index (χ2n) is 36.7. The number of rotatable bonds is 26. The van der Waals surface area contributed by atoms with Gasteiger partial charge in [-0.25, -0.2) is 9.59 Å². The van der Waals surface area contributed by atoms with E-state index in [1.165, 1.54) is 136 Å². The van der Waals surface area contributed by atoms with Crippen LogP contribution in [0.3, 0.4) is 0 Å². The number of carbonyl (C=O) groups excluding carboxylic acids is 2. The van der Waals surface area contributed by atoms with Crippen LogP contribution in [0.5, 0.6) is 11.5 Å². The average Bonchev–Trinajstić information content (AvgIpc) is 1.51. The Morgan fingerprint density at radius 1 is 0.348 bits per heavy atom. The number of hydrogen-bond donors (Lipinski definition) is 1. The maximum absolute atomic E-state index is 11.8. The van der Waals surface area contributed by atoms with Crippen molar-refractivity contribution in [3.8, 4) is 11.5 Å². The number of anilines is 6. The zero-order chi connectivity index (χ0) is 104. The minimum Gasteiger partial charge on any atom is 0 e. The molecular formula is C106H133Au2F12N9O10P2-6. The average molecular weight is 2380 g/mol. The van der Waals surface area contributed by atoms with E-state index < -0.39 is 32.9 Å². The van der Waals surface area contributed by atoms with Crippen LogP contribution in [0, 0.1) is 85.3 Å². The van der Waals surface area contributed by atoms with Crippen molar-refractivity contribution in [1.82, 2.24) is 9.80 Å². The largest absolute Gasteiger partial charge is 0 e. The second-order valence-corrected chi connectivity index (χ2v) is 40.5. The smallest absolute Gasteiger partial charge is 0 e. The predicted octanol–water partition coefficient (Wildman–Crippen LogP) is 33.6. The maximum atomic E-state index is 11.8. The number of nitro benzene ring substituents is 1. The summed E-state index contributed by atoms with van der Waals surface area (Å²) in [5.41, 5.74) is 29.2. The van der Waals surface area contributed by atoms with Crippen molar-refractivity contribution in [1.29, 1.82) is 0 Å². The van der Waals surface area contributed by atoms with Crippen LogP contribution in [0.15, 0.2) is 219 Å². The van der Waals surface area contributed by atoms with Gasteiger partial charge >= 0.3 is 78.3 Å². The molecule has 2 radical (unpaired) electrons. The third-order valence-electron chi connectivity index (χ3n) is 22.1. The first-order chi connectivity index (χ1) is 64.4. The number of carbonyl (C=O) groups is 2. The molecule has 0 atom stereocenters. The number of aryl methyl sites for hydroxylation is 7. The molecule has 13 rings (SSSR count). The summed E-state index contributed by atoms with van der Waals surface area (Å²) in [5, 5.41) is 19.3. The van der Waals surface area contributed by atoms with Crippen molar-refractivity contribution < 1.29 is 138 Å². The molecule has 0 aromatic heterocycles. The first-order valence-electron chi connectivity index (χ1n) is 45.8. The topological polar surface area (TPSA) is 170 Å². The summed E-state index contributed by atoms with van der Waals surface area (Å²) in [6.45, 7) is 61.3. The molecule has 0 amide bonds. The fraction of sp³-hybridized carbons (Fsp3) is 0.358. The quantitative estimate of drug-likeness (QED) is 0.00793. The number of nitrogens with zero attached hydrogens (tertiary/aromatic N) is 9. The Balaban J connectivity index is 0.000000305. The van der Waals surface area contributed by atoms with Crippen molar-refractivity contribution in [2.75, 3.05) is 62.8 Å². The Morgan fingerprint density at radius 2 is 0.603 bits per heavy atom. The number of benzene rings is 9. The first kappa shape index (κ1) is 121. The summed E-state index contributed by atoms with van der Waals surface area (Å²) in [6, 6.07) is 56.1. The molecule has 19 nitrogen and oxygen atoms in total. The molecule has 784 valence electrons. The van der Waals surface area contributed by atoms with E-state index >= 15 is 0 Å². The minimum atomic E-state index is -10.7. The van der Waals surface area contributed by atoms with E-state index in [9.17, 15) is 70.1 Å². The third-order valence-corrected chi connectivity index (χ3v) is 22.1. The van der Waals surface area contributed by atoms with E-state index in [4.69, 9.17) is 28.8 Å². The molecule has 0 aliphatic carbocycles. The van der Waals surface area contributed by atoms with E-state index in [1.54, 1.807) is 7.11 Å². The summed E-state index contributed by atoms with van der Waals surface area (Å²) in [7, 11) is -19.7. The standard InChI is InChI=1S/2C27H37N2.C23H27N2O3.C21H22N3O5.C8H10O2.2Au.2F6P/c2*1-18(2)22-11-9-12-23(19(3)4)26(22)28-15-16-29(17-28)27-24(20(5)6)13-10-14-25(27)21(7)8;1-17-5-7-21(8-6-17)15-28-23(26)27-12-11-24-9-10-25(16-24)22-19(3)13-18(2)14-20(22)4;1-15-12-16(2)20(17(3)13-15)23-9-8-22(14-23)10-11-28-21(25)29-19-6-4-18(5-7-19)24(26)27;1-10-8-4-2-7(6-9)3-5-8;;;2*1-7(2,3,4,5)6/h2*9-21H,1-8H3;5-10,13-14,16H,11-12,15H2,1-4H3;4-9,12-14H,10-11H2,1-3H3;2-5,9H,6H2,1H3;;;;/q4*-1;;;;2*-1. The number of halogens is 12. The second kappa shape index (κ2) is 50.7. The van der Waals surface area contributed by atoms with Gasteiger partial charge in [-0.3, -0.25) is 10.1 Å². The first-order valence-corrected chi connectivity index (χ1v) is 49.8. The van der Waals surface area contributed by atoms with Crippen LogP contribution < -0.4 is 38.9 Å². The maximum Gasteiger partial charge on any atom is 0 e. The normalized spacial score (nSPS) is 14.1. The van der Waals surface area contributed by atoms with Crippen LogP contribution in [0.4, 0.5) is 99.8 Å². The molecule has 0 unspecified atom stereocenters. The number of aliphatic hydroxyl groups is 1. The van der Waals surface area contributed by atoms with E-state index in [0.717, 1.165) is 22.6 Å². The van der Waals surface area contributed by atoms with Gasteiger partial charge < -0.3 is 68.0 Å². The third kappa shape index (κ3) is 40.3. The van der Waals surface area contributed by atoms with E-state index in [1.807, 2.05) is 108 Å². The van der Waals surface area contributed by atoms with Gasteiger partial charge in [0.1, 0.15) is 31.3 Å². The zero-order valence-corrected chi connectivity index (χ0v) is 90.3. The molecule has 9 aromatic rings. The molecule has 0 saturated heterocycles. The summed E-state index contributed by atoms with van der Waals surface area (Å²) >= 11 is 0. The molecule has 4 heterocycles. The van der Waals surface area contributed by atoms with Crippen molar-refractivity contribution >= 4 is 67.7 Å². The van der Waals surface area contributed by atoms with Crippen LogP contribution >= 0.6 is 15.6 Å². The molecule has 9 aromatic carbocycles. The summed E-state index contributed by atoms with van der Waals surface area (Å²) < 4.78 is 144. The van der Waals surface area contributed by atoms with Gasteiger partial charge in [-0.1, -0.05) is 261 Å². The molecule has 0 spiro atoms. The summed E-state index contributed by atoms with van der Waals surface area (Å²) in [5.74, 6) is 4.84. The molecule has 1 N–H and O–H groups in total. The fourth-order valence-corrected chi connectivity index (χ4v) is 15.8. The van der Waals surface area contributed by atoms with Crippen molar-refractivity contribution in [2.24, 2.45) is 0 Å². The Morgan fingerprint density at radius 3 is 0.865 bits per heavy atom. The van der Waals surface area contributed by atoms with Crippen molar-refractivity contribution in [2.45, 2.75) is 220 Å². The summed E-state index contributed by atoms with van der Waals surface area (Å²) in [6.07, 6.45) is 15.2. The number of para-hydroxylation sites is 4. The Bertz CT molecular complexity index is 5250. The van der Waals surface area contributed by atoms with Gasteiger partial charge in [-0.2, -0.15) is 13.3 Å². The van der Waals surface area contributed by atoms with E-state index in [-0.39, 0.29) is 82.6 Å². The van der Waals surface area contributed by atoms with Gasteiger partial charge in [0, 0.05) is 104 Å². The Kier molecular flexibility index (Phi) is 43.5. The molecule has 0 fully saturated rings. The number of aliphatic hydroxyl groups excluding tert-OH is 1. The molecular weight excluding hydrogens is 2240 g/mol. The van der Waals surface area contributed by atoms with Gasteiger partial charge in [-0.15, -0.1) is 13.3 Å².